The maximum Gasteiger partial charge on any atom is 0.0902 e. The Bertz CT molecular complexity index is 205. The Labute approximate surface area is 116 Å². The van der Waals surface area contributed by atoms with Crippen molar-refractivity contribution in [3.8, 4) is 0 Å². The molecule has 0 spiro atoms. The first-order valence-electron chi connectivity index (χ1n) is 8.39. The van der Waals surface area contributed by atoms with Crippen LogP contribution in [-0.4, -0.2) is 19.9 Å². The van der Waals surface area contributed by atoms with Crippen LogP contribution in [0.1, 0.15) is 72.6 Å². The van der Waals surface area contributed by atoms with Crippen LogP contribution in [0.15, 0.2) is 0 Å². The number of hydrogen-bond acceptors (Lipinski definition) is 1. The van der Waals surface area contributed by atoms with Crippen LogP contribution in [0.2, 0.25) is 18.1 Å². The van der Waals surface area contributed by atoms with E-state index in [1.807, 2.05) is 0 Å². The van der Waals surface area contributed by atoms with Gasteiger partial charge in [-0.2, -0.15) is 0 Å². The van der Waals surface area contributed by atoms with E-state index in [2.05, 4.69) is 27.7 Å². The highest BCUT2D eigenvalue weighted by molar-refractivity contribution is 6.81. The summed E-state index contributed by atoms with van der Waals surface area (Å²) in [5, 5.41) is 0. The predicted molar refractivity (Wildman–Crippen MR) is 83.9 cm³/mol. The lowest BCUT2D eigenvalue weighted by Crippen LogP contribution is -2.40. The summed E-state index contributed by atoms with van der Waals surface area (Å²) in [5.74, 6) is 0. The van der Waals surface area contributed by atoms with Crippen molar-refractivity contribution in [3.05, 3.63) is 0 Å². The minimum atomic E-state index is -1.05. The van der Waals surface area contributed by atoms with E-state index in [9.17, 15) is 0 Å². The van der Waals surface area contributed by atoms with Crippen LogP contribution in [0, 0.1) is 0 Å². The molecule has 0 saturated carbocycles. The number of unbranched alkanes of at least 4 members (excludes halogenated alkanes) is 5. The zero-order chi connectivity index (χ0) is 13.4. The van der Waals surface area contributed by atoms with E-state index in [1.54, 1.807) is 0 Å². The monoisotopic (exact) mass is 270 g/mol. The fourth-order valence-corrected chi connectivity index (χ4v) is 7.51. The van der Waals surface area contributed by atoms with E-state index in [1.165, 1.54) is 63.1 Å². The lowest BCUT2D eigenvalue weighted by Gasteiger charge is -2.25. The maximum atomic E-state index is 6.04. The third-order valence-electron chi connectivity index (χ3n) is 5.14. The molecule has 1 heterocycles. The smallest absolute Gasteiger partial charge is 0.0902 e. The lowest BCUT2D eigenvalue weighted by atomic mass is 10.1. The zero-order valence-electron chi connectivity index (χ0n) is 13.1. The van der Waals surface area contributed by atoms with Gasteiger partial charge in [-0.15, -0.1) is 0 Å². The second-order valence-corrected chi connectivity index (χ2v) is 11.5. The fourth-order valence-electron chi connectivity index (χ4n) is 3.38. The van der Waals surface area contributed by atoms with E-state index in [0.29, 0.717) is 11.8 Å². The molecule has 0 aromatic heterocycles. The highest BCUT2D eigenvalue weighted by Crippen LogP contribution is 2.40. The van der Waals surface area contributed by atoms with E-state index >= 15 is 0 Å². The van der Waals surface area contributed by atoms with E-state index in [-0.39, 0.29) is 0 Å². The molecule has 0 amide bonds. The Hall–Kier alpha value is 0.177. The van der Waals surface area contributed by atoms with Crippen molar-refractivity contribution >= 4 is 8.07 Å². The maximum absolute atomic E-state index is 6.04. The Morgan fingerprint density at radius 1 is 0.778 bits per heavy atom. The highest BCUT2D eigenvalue weighted by Gasteiger charge is 2.52. The minimum Gasteiger partial charge on any atom is -0.373 e. The summed E-state index contributed by atoms with van der Waals surface area (Å²) in [6.07, 6.45) is 10.4. The van der Waals surface area contributed by atoms with Gasteiger partial charge in [0.05, 0.1) is 19.9 Å². The van der Waals surface area contributed by atoms with E-state index in [0.717, 1.165) is 0 Å². The van der Waals surface area contributed by atoms with Crippen molar-refractivity contribution in [1.82, 2.24) is 0 Å². The molecule has 1 nitrogen and oxygen atoms in total. The standard InChI is InChI=1S/C16H34OSi/c1-5-9-10-11-12-13-14-15-16(17-15)18(6-2,7-3)8-4/h15-16H,5-14H2,1-4H3/t15-,16-/m1/s1. The molecular weight excluding hydrogens is 236 g/mol. The van der Waals surface area contributed by atoms with Crippen LogP contribution in [0.3, 0.4) is 0 Å². The summed E-state index contributed by atoms with van der Waals surface area (Å²) < 4.78 is 6.04. The van der Waals surface area contributed by atoms with Gasteiger partial charge < -0.3 is 4.74 Å². The predicted octanol–water partition coefficient (Wildman–Crippen LogP) is 5.55. The molecule has 0 N–H and O–H groups in total. The van der Waals surface area contributed by atoms with E-state index in [4.69, 9.17) is 4.74 Å². The Morgan fingerprint density at radius 3 is 1.89 bits per heavy atom. The number of ether oxygens (including phenoxy) is 1. The summed E-state index contributed by atoms with van der Waals surface area (Å²) in [6.45, 7) is 9.46. The molecule has 0 unspecified atom stereocenters. The summed E-state index contributed by atoms with van der Waals surface area (Å²) in [5.41, 5.74) is 0.716. The van der Waals surface area contributed by atoms with Crippen molar-refractivity contribution in [1.29, 1.82) is 0 Å². The summed E-state index contributed by atoms with van der Waals surface area (Å²) >= 11 is 0. The third-order valence-corrected chi connectivity index (χ3v) is 11.1. The first-order chi connectivity index (χ1) is 8.74. The van der Waals surface area contributed by atoms with Crippen LogP contribution in [-0.2, 0) is 4.74 Å². The van der Waals surface area contributed by atoms with Crippen molar-refractivity contribution in [3.63, 3.8) is 0 Å². The van der Waals surface area contributed by atoms with Gasteiger partial charge in [0, 0.05) is 0 Å². The van der Waals surface area contributed by atoms with Crippen molar-refractivity contribution in [2.24, 2.45) is 0 Å². The molecule has 0 aromatic carbocycles. The quantitative estimate of drug-likeness (QED) is 0.272. The van der Waals surface area contributed by atoms with Crippen LogP contribution in [0.4, 0.5) is 0 Å². The lowest BCUT2D eigenvalue weighted by molar-refractivity contribution is 0.376. The molecule has 2 atom stereocenters. The van der Waals surface area contributed by atoms with Crippen molar-refractivity contribution in [2.75, 3.05) is 0 Å². The van der Waals surface area contributed by atoms with Gasteiger partial charge in [-0.25, -0.2) is 0 Å². The fraction of sp³-hybridized carbons (Fsp3) is 1.00. The Balaban J connectivity index is 2.12. The number of hydrogen-bond donors (Lipinski definition) is 0. The number of epoxide rings is 1. The third kappa shape index (κ3) is 4.38. The van der Waals surface area contributed by atoms with Gasteiger partial charge in [-0.05, 0) is 6.42 Å². The normalized spacial score (nSPS) is 23.3. The van der Waals surface area contributed by atoms with E-state index < -0.39 is 8.07 Å². The minimum absolute atomic E-state index is 0.655. The van der Waals surface area contributed by atoms with Crippen LogP contribution >= 0.6 is 0 Å². The van der Waals surface area contributed by atoms with Crippen molar-refractivity contribution < 1.29 is 4.74 Å². The summed E-state index contributed by atoms with van der Waals surface area (Å²) in [7, 11) is -1.05. The SMILES string of the molecule is CCCCCCCC[C@H]1O[C@@H]1[Si](CC)(CC)CC. The first kappa shape index (κ1) is 16.2. The number of rotatable bonds is 11. The Morgan fingerprint density at radius 2 is 1.33 bits per heavy atom. The largest absolute Gasteiger partial charge is 0.373 e. The van der Waals surface area contributed by atoms with Crippen LogP contribution in [0.5, 0.6) is 0 Å². The average molecular weight is 271 g/mol. The van der Waals surface area contributed by atoms with Crippen molar-refractivity contribution in [2.45, 2.75) is 103 Å². The van der Waals surface area contributed by atoms with Gasteiger partial charge in [0.2, 0.25) is 0 Å². The topological polar surface area (TPSA) is 12.5 Å². The van der Waals surface area contributed by atoms with Gasteiger partial charge in [-0.1, -0.05) is 84.4 Å². The van der Waals surface area contributed by atoms with Gasteiger partial charge in [0.15, 0.2) is 0 Å². The van der Waals surface area contributed by atoms with Crippen LogP contribution in [0.25, 0.3) is 0 Å². The molecule has 1 aliphatic rings. The molecule has 0 aromatic rings. The summed E-state index contributed by atoms with van der Waals surface area (Å²) in [4.78, 5) is 0. The molecule has 1 rings (SSSR count). The molecule has 0 aliphatic carbocycles. The second kappa shape index (κ2) is 8.37. The van der Waals surface area contributed by atoms with Gasteiger partial charge in [0.1, 0.15) is 0 Å². The molecule has 1 aliphatic heterocycles. The second-order valence-electron chi connectivity index (χ2n) is 6.07. The highest BCUT2D eigenvalue weighted by atomic mass is 28.3. The van der Waals surface area contributed by atoms with Crippen LogP contribution < -0.4 is 0 Å². The molecule has 2 heteroatoms. The molecule has 0 radical (unpaired) electrons. The molecule has 1 saturated heterocycles. The van der Waals surface area contributed by atoms with Gasteiger partial charge in [0.25, 0.3) is 0 Å². The summed E-state index contributed by atoms with van der Waals surface area (Å²) in [6, 6.07) is 4.24. The average Bonchev–Trinajstić information content (AvgIpc) is 3.17. The molecule has 18 heavy (non-hydrogen) atoms. The molecule has 108 valence electrons. The Kier molecular flexibility index (Phi) is 7.55. The zero-order valence-corrected chi connectivity index (χ0v) is 14.1. The molecule has 0 bridgehead atoms. The van der Waals surface area contributed by atoms with Gasteiger partial charge >= 0.3 is 0 Å². The molecular formula is C16H34OSi. The first-order valence-corrected chi connectivity index (χ1v) is 11.1. The van der Waals surface area contributed by atoms with Gasteiger partial charge in [-0.3, -0.25) is 0 Å². The molecule has 1 fully saturated rings.